The summed E-state index contributed by atoms with van der Waals surface area (Å²) in [5.41, 5.74) is 3.75. The number of pyridine rings is 1. The predicted molar refractivity (Wildman–Crippen MR) is 83.7 cm³/mol. The highest BCUT2D eigenvalue weighted by Crippen LogP contribution is 2.29. The number of para-hydroxylation sites is 1. The van der Waals surface area contributed by atoms with Crippen LogP contribution in [0.15, 0.2) is 48.5 Å². The summed E-state index contributed by atoms with van der Waals surface area (Å²) in [7, 11) is 0. The summed E-state index contributed by atoms with van der Waals surface area (Å²) in [6.07, 6.45) is 0. The van der Waals surface area contributed by atoms with Crippen LogP contribution in [0.2, 0.25) is 0 Å². The number of hydrogen-bond donors (Lipinski definition) is 1. The van der Waals surface area contributed by atoms with Gasteiger partial charge in [0, 0.05) is 11.1 Å². The van der Waals surface area contributed by atoms with Gasteiger partial charge in [-0.2, -0.15) is 0 Å². The van der Waals surface area contributed by atoms with Gasteiger partial charge in [0.2, 0.25) is 0 Å². The molecule has 3 aromatic rings. The Hall–Kier alpha value is -2.39. The first kappa shape index (κ1) is 13.6. The van der Waals surface area contributed by atoms with Crippen molar-refractivity contribution in [1.29, 1.82) is 0 Å². The SMILES string of the molecule is Cc1ccc2cccc(Oc3ccc(CO)c(C)c3)c2n1. The van der Waals surface area contributed by atoms with Crippen molar-refractivity contribution in [3.05, 3.63) is 65.4 Å². The number of aliphatic hydroxyl groups excluding tert-OH is 1. The standard InChI is InChI=1S/C18H17NO2/c1-12-10-16(9-8-15(12)11-20)21-17-5-3-4-14-7-6-13(2)19-18(14)17/h3-10,20H,11H2,1-2H3. The maximum absolute atomic E-state index is 9.22. The summed E-state index contributed by atoms with van der Waals surface area (Å²) in [6.45, 7) is 3.97. The normalized spacial score (nSPS) is 10.8. The fourth-order valence-corrected chi connectivity index (χ4v) is 2.34. The van der Waals surface area contributed by atoms with Crippen LogP contribution in [0.25, 0.3) is 10.9 Å². The van der Waals surface area contributed by atoms with E-state index in [1.54, 1.807) is 0 Å². The Morgan fingerprint density at radius 3 is 2.67 bits per heavy atom. The van der Waals surface area contributed by atoms with Crippen molar-refractivity contribution in [1.82, 2.24) is 4.98 Å². The fraction of sp³-hybridized carbons (Fsp3) is 0.167. The topological polar surface area (TPSA) is 42.4 Å². The Bertz CT molecular complexity index is 796. The molecule has 0 fully saturated rings. The molecule has 0 aliphatic carbocycles. The smallest absolute Gasteiger partial charge is 0.153 e. The monoisotopic (exact) mass is 279 g/mol. The highest BCUT2D eigenvalue weighted by atomic mass is 16.5. The van der Waals surface area contributed by atoms with Gasteiger partial charge in [-0.3, -0.25) is 0 Å². The van der Waals surface area contributed by atoms with Gasteiger partial charge >= 0.3 is 0 Å². The van der Waals surface area contributed by atoms with Gasteiger partial charge in [-0.1, -0.05) is 24.3 Å². The van der Waals surface area contributed by atoms with Gasteiger partial charge in [0.1, 0.15) is 11.3 Å². The largest absolute Gasteiger partial charge is 0.455 e. The highest BCUT2D eigenvalue weighted by Gasteiger charge is 2.06. The number of benzene rings is 2. The second-order valence-electron chi connectivity index (χ2n) is 5.13. The van der Waals surface area contributed by atoms with Crippen LogP contribution in [0.3, 0.4) is 0 Å². The molecule has 3 heteroatoms. The second-order valence-corrected chi connectivity index (χ2v) is 5.13. The molecular weight excluding hydrogens is 262 g/mol. The first-order valence-corrected chi connectivity index (χ1v) is 6.92. The van der Waals surface area contributed by atoms with Crippen LogP contribution in [-0.2, 0) is 6.61 Å². The molecular formula is C18H17NO2. The number of ether oxygens (including phenoxy) is 1. The number of hydrogen-bond acceptors (Lipinski definition) is 3. The Balaban J connectivity index is 2.01. The molecule has 0 radical (unpaired) electrons. The molecule has 0 unspecified atom stereocenters. The molecule has 0 spiro atoms. The molecule has 1 aromatic heterocycles. The Kier molecular flexibility index (Phi) is 3.59. The molecule has 0 atom stereocenters. The van der Waals surface area contributed by atoms with Gasteiger partial charge in [-0.15, -0.1) is 0 Å². The maximum atomic E-state index is 9.22. The van der Waals surface area contributed by atoms with Crippen LogP contribution in [-0.4, -0.2) is 10.1 Å². The quantitative estimate of drug-likeness (QED) is 0.783. The average Bonchev–Trinajstić information content (AvgIpc) is 2.48. The zero-order valence-electron chi connectivity index (χ0n) is 12.1. The lowest BCUT2D eigenvalue weighted by Gasteiger charge is -2.10. The van der Waals surface area contributed by atoms with E-state index in [2.05, 4.69) is 4.98 Å². The molecule has 106 valence electrons. The van der Waals surface area contributed by atoms with E-state index in [0.29, 0.717) is 0 Å². The third-order valence-electron chi connectivity index (χ3n) is 3.53. The highest BCUT2D eigenvalue weighted by molar-refractivity contribution is 5.84. The summed E-state index contributed by atoms with van der Waals surface area (Å²) < 4.78 is 5.98. The Morgan fingerprint density at radius 2 is 1.90 bits per heavy atom. The second kappa shape index (κ2) is 5.54. The van der Waals surface area contributed by atoms with Crippen molar-refractivity contribution in [2.45, 2.75) is 20.5 Å². The van der Waals surface area contributed by atoms with Gasteiger partial charge < -0.3 is 9.84 Å². The van der Waals surface area contributed by atoms with Crippen LogP contribution >= 0.6 is 0 Å². The molecule has 0 bridgehead atoms. The lowest BCUT2D eigenvalue weighted by molar-refractivity contribution is 0.281. The summed E-state index contributed by atoms with van der Waals surface area (Å²) in [4.78, 5) is 4.56. The molecule has 0 aliphatic heterocycles. The van der Waals surface area contributed by atoms with Crippen molar-refractivity contribution >= 4 is 10.9 Å². The average molecular weight is 279 g/mol. The van der Waals surface area contributed by atoms with Crippen LogP contribution in [0.1, 0.15) is 16.8 Å². The molecule has 21 heavy (non-hydrogen) atoms. The van der Waals surface area contributed by atoms with E-state index in [9.17, 15) is 5.11 Å². The molecule has 3 nitrogen and oxygen atoms in total. The van der Waals surface area contributed by atoms with Crippen molar-refractivity contribution in [3.8, 4) is 11.5 Å². The lowest BCUT2D eigenvalue weighted by Crippen LogP contribution is -1.92. The van der Waals surface area contributed by atoms with Crippen molar-refractivity contribution in [2.75, 3.05) is 0 Å². The van der Waals surface area contributed by atoms with Crippen molar-refractivity contribution in [2.24, 2.45) is 0 Å². The third-order valence-corrected chi connectivity index (χ3v) is 3.53. The van der Waals surface area contributed by atoms with Crippen molar-refractivity contribution < 1.29 is 9.84 Å². The number of aromatic nitrogens is 1. The minimum absolute atomic E-state index is 0.0428. The number of aryl methyl sites for hydroxylation is 2. The van der Waals surface area contributed by atoms with Gasteiger partial charge in [0.05, 0.1) is 6.61 Å². The molecule has 1 heterocycles. The van der Waals surface area contributed by atoms with E-state index in [-0.39, 0.29) is 6.61 Å². The number of aliphatic hydroxyl groups is 1. The number of rotatable bonds is 3. The summed E-state index contributed by atoms with van der Waals surface area (Å²) in [6, 6.07) is 15.6. The fourth-order valence-electron chi connectivity index (χ4n) is 2.34. The molecule has 1 N–H and O–H groups in total. The summed E-state index contributed by atoms with van der Waals surface area (Å²) in [5.74, 6) is 1.49. The van der Waals surface area contributed by atoms with Gasteiger partial charge in [0.25, 0.3) is 0 Å². The lowest BCUT2D eigenvalue weighted by atomic mass is 10.1. The Morgan fingerprint density at radius 1 is 1.05 bits per heavy atom. The van der Waals surface area contributed by atoms with Crippen molar-refractivity contribution in [3.63, 3.8) is 0 Å². The molecule has 0 aliphatic rings. The molecule has 3 rings (SSSR count). The molecule has 2 aromatic carbocycles. The van der Waals surface area contributed by atoms with Gasteiger partial charge in [0.15, 0.2) is 5.75 Å². The van der Waals surface area contributed by atoms with E-state index in [1.807, 2.05) is 62.4 Å². The maximum Gasteiger partial charge on any atom is 0.153 e. The Labute approximate surface area is 123 Å². The minimum atomic E-state index is 0.0428. The first-order chi connectivity index (χ1) is 10.2. The summed E-state index contributed by atoms with van der Waals surface area (Å²) >= 11 is 0. The van der Waals surface area contributed by atoms with E-state index >= 15 is 0 Å². The van der Waals surface area contributed by atoms with Crippen LogP contribution in [0.4, 0.5) is 0 Å². The first-order valence-electron chi connectivity index (χ1n) is 6.92. The van der Waals surface area contributed by atoms with Crippen LogP contribution < -0.4 is 4.74 Å². The molecule has 0 saturated carbocycles. The van der Waals surface area contributed by atoms with Gasteiger partial charge in [-0.05, 0) is 49.2 Å². The third kappa shape index (κ3) is 2.73. The van der Waals surface area contributed by atoms with E-state index in [4.69, 9.17) is 4.74 Å². The zero-order chi connectivity index (χ0) is 14.8. The molecule has 0 amide bonds. The minimum Gasteiger partial charge on any atom is -0.455 e. The molecule has 0 saturated heterocycles. The van der Waals surface area contributed by atoms with Crippen LogP contribution in [0.5, 0.6) is 11.5 Å². The number of fused-ring (bicyclic) bond motifs is 1. The zero-order valence-corrected chi connectivity index (χ0v) is 12.1. The number of nitrogens with zero attached hydrogens (tertiary/aromatic N) is 1. The summed E-state index contributed by atoms with van der Waals surface area (Å²) in [5, 5.41) is 10.3. The van der Waals surface area contributed by atoms with Crippen LogP contribution in [0, 0.1) is 13.8 Å². The van der Waals surface area contributed by atoms with E-state index < -0.39 is 0 Å². The predicted octanol–water partition coefficient (Wildman–Crippen LogP) is 4.14. The van der Waals surface area contributed by atoms with Gasteiger partial charge in [-0.25, -0.2) is 4.98 Å². The van der Waals surface area contributed by atoms with E-state index in [0.717, 1.165) is 39.2 Å². The van der Waals surface area contributed by atoms with E-state index in [1.165, 1.54) is 0 Å².